The van der Waals surface area contributed by atoms with Gasteiger partial charge in [-0.3, -0.25) is 4.79 Å². The predicted octanol–water partition coefficient (Wildman–Crippen LogP) is 7.21. The highest BCUT2D eigenvalue weighted by atomic mass is 16.5. The third kappa shape index (κ3) is 4.70. The van der Waals surface area contributed by atoms with Crippen LogP contribution >= 0.6 is 0 Å². The Morgan fingerprint density at radius 3 is 2.09 bits per heavy atom. The molecule has 0 aliphatic rings. The first-order chi connectivity index (χ1) is 17.1. The first kappa shape index (κ1) is 22.2. The van der Waals surface area contributed by atoms with Crippen molar-refractivity contribution in [3.63, 3.8) is 0 Å². The average Bonchev–Trinajstić information content (AvgIpc) is 2.90. The molecular formula is C30H25N3O2. The Morgan fingerprint density at radius 1 is 0.743 bits per heavy atom. The van der Waals surface area contributed by atoms with Gasteiger partial charge in [0.05, 0.1) is 23.9 Å². The zero-order valence-electron chi connectivity index (χ0n) is 19.6. The van der Waals surface area contributed by atoms with Gasteiger partial charge < -0.3 is 15.4 Å². The monoisotopic (exact) mass is 459 g/mol. The van der Waals surface area contributed by atoms with Crippen molar-refractivity contribution in [3.05, 3.63) is 114 Å². The molecule has 4 aromatic carbocycles. The van der Waals surface area contributed by atoms with Crippen LogP contribution in [0, 0.1) is 6.92 Å². The molecule has 5 nitrogen and oxygen atoms in total. The molecule has 0 spiro atoms. The topological polar surface area (TPSA) is 63.2 Å². The Morgan fingerprint density at radius 2 is 1.37 bits per heavy atom. The van der Waals surface area contributed by atoms with Gasteiger partial charge in [-0.15, -0.1) is 0 Å². The number of amides is 1. The third-order valence-corrected chi connectivity index (χ3v) is 5.93. The number of benzene rings is 4. The second-order valence-electron chi connectivity index (χ2n) is 8.23. The first-order valence-corrected chi connectivity index (χ1v) is 11.4. The number of para-hydroxylation sites is 2. The van der Waals surface area contributed by atoms with Gasteiger partial charge in [0.1, 0.15) is 5.75 Å². The highest BCUT2D eigenvalue weighted by Crippen LogP contribution is 2.31. The fourth-order valence-electron chi connectivity index (χ4n) is 4.15. The molecule has 0 aliphatic carbocycles. The number of carbonyl (C=O) groups excluding carboxylic acids is 1. The van der Waals surface area contributed by atoms with Gasteiger partial charge >= 0.3 is 0 Å². The number of aromatic nitrogens is 1. The number of anilines is 3. The summed E-state index contributed by atoms with van der Waals surface area (Å²) in [5, 5.41) is 7.24. The Balaban J connectivity index is 1.46. The summed E-state index contributed by atoms with van der Waals surface area (Å²) in [7, 11) is 1.64. The number of fused-ring (bicyclic) bond motifs is 1. The van der Waals surface area contributed by atoms with Crippen molar-refractivity contribution in [1.82, 2.24) is 4.98 Å². The fraction of sp³-hybridized carbons (Fsp3) is 0.0667. The molecule has 172 valence electrons. The van der Waals surface area contributed by atoms with Gasteiger partial charge in [-0.05, 0) is 79.2 Å². The van der Waals surface area contributed by atoms with Crippen molar-refractivity contribution in [3.8, 4) is 17.0 Å². The van der Waals surface area contributed by atoms with E-state index in [1.54, 1.807) is 7.11 Å². The molecule has 0 radical (unpaired) electrons. The molecular weight excluding hydrogens is 434 g/mol. The minimum Gasteiger partial charge on any atom is -0.497 e. The highest BCUT2D eigenvalue weighted by molar-refractivity contribution is 6.14. The maximum Gasteiger partial charge on any atom is 0.256 e. The van der Waals surface area contributed by atoms with E-state index in [4.69, 9.17) is 9.72 Å². The average molecular weight is 460 g/mol. The molecule has 0 unspecified atom stereocenters. The van der Waals surface area contributed by atoms with E-state index in [1.165, 1.54) is 0 Å². The maximum absolute atomic E-state index is 13.5. The molecule has 0 atom stereocenters. The van der Waals surface area contributed by atoms with Crippen LogP contribution in [0.3, 0.4) is 0 Å². The molecule has 1 amide bonds. The summed E-state index contributed by atoms with van der Waals surface area (Å²) in [5.74, 6) is 0.606. The summed E-state index contributed by atoms with van der Waals surface area (Å²) in [6, 6.07) is 33.1. The lowest BCUT2D eigenvalue weighted by atomic mass is 9.97. The molecule has 0 saturated carbocycles. The van der Waals surface area contributed by atoms with Crippen LogP contribution in [0.1, 0.15) is 15.9 Å². The molecule has 0 aliphatic heterocycles. The van der Waals surface area contributed by atoms with Crippen molar-refractivity contribution < 1.29 is 9.53 Å². The molecule has 0 saturated heterocycles. The molecule has 0 fully saturated rings. The Labute approximate surface area is 204 Å². The van der Waals surface area contributed by atoms with E-state index < -0.39 is 0 Å². The van der Waals surface area contributed by atoms with Crippen molar-refractivity contribution in [2.24, 2.45) is 0 Å². The number of carbonyl (C=O) groups is 1. The number of hydrogen-bond acceptors (Lipinski definition) is 4. The van der Waals surface area contributed by atoms with Crippen molar-refractivity contribution in [2.75, 3.05) is 17.7 Å². The van der Waals surface area contributed by atoms with E-state index in [1.807, 2.05) is 110 Å². The third-order valence-electron chi connectivity index (χ3n) is 5.93. The lowest BCUT2D eigenvalue weighted by Crippen LogP contribution is -2.15. The van der Waals surface area contributed by atoms with Crippen LogP contribution in [-0.2, 0) is 0 Å². The molecule has 35 heavy (non-hydrogen) atoms. The van der Waals surface area contributed by atoms with Crippen molar-refractivity contribution in [2.45, 2.75) is 6.92 Å². The van der Waals surface area contributed by atoms with E-state index in [0.29, 0.717) is 5.56 Å². The van der Waals surface area contributed by atoms with Crippen molar-refractivity contribution in [1.29, 1.82) is 0 Å². The fourth-order valence-corrected chi connectivity index (χ4v) is 4.15. The van der Waals surface area contributed by atoms with Crippen LogP contribution in [0.15, 0.2) is 103 Å². The number of rotatable bonds is 6. The zero-order valence-corrected chi connectivity index (χ0v) is 19.6. The van der Waals surface area contributed by atoms with Gasteiger partial charge in [-0.25, -0.2) is 4.98 Å². The van der Waals surface area contributed by atoms with E-state index in [0.717, 1.165) is 50.5 Å². The van der Waals surface area contributed by atoms with E-state index in [2.05, 4.69) is 10.6 Å². The van der Waals surface area contributed by atoms with Crippen LogP contribution in [0.4, 0.5) is 17.1 Å². The maximum atomic E-state index is 13.5. The van der Waals surface area contributed by atoms with Gasteiger partial charge in [0.2, 0.25) is 0 Å². The minimum atomic E-state index is -0.167. The Kier molecular flexibility index (Phi) is 6.14. The molecule has 1 heterocycles. The smallest absolute Gasteiger partial charge is 0.256 e. The Hall–Kier alpha value is -4.64. The number of hydrogen-bond donors (Lipinski definition) is 2. The zero-order chi connectivity index (χ0) is 24.2. The number of methoxy groups -OCH3 is 1. The molecule has 5 heteroatoms. The van der Waals surface area contributed by atoms with Crippen LogP contribution in [0.2, 0.25) is 0 Å². The van der Waals surface area contributed by atoms with Gasteiger partial charge in [0.15, 0.2) is 0 Å². The van der Waals surface area contributed by atoms with Gasteiger partial charge in [0, 0.05) is 28.0 Å². The van der Waals surface area contributed by atoms with E-state index >= 15 is 0 Å². The summed E-state index contributed by atoms with van der Waals surface area (Å²) >= 11 is 0. The normalized spacial score (nSPS) is 10.7. The second kappa shape index (κ2) is 9.69. The van der Waals surface area contributed by atoms with Gasteiger partial charge in [-0.1, -0.05) is 36.4 Å². The molecule has 5 rings (SSSR count). The number of nitrogens with one attached hydrogen (secondary N) is 2. The molecule has 1 aromatic heterocycles. The van der Waals surface area contributed by atoms with Crippen LogP contribution in [0.5, 0.6) is 5.75 Å². The first-order valence-electron chi connectivity index (χ1n) is 11.4. The Bertz CT molecular complexity index is 1480. The summed E-state index contributed by atoms with van der Waals surface area (Å²) < 4.78 is 5.29. The van der Waals surface area contributed by atoms with Crippen LogP contribution in [0.25, 0.3) is 22.2 Å². The summed E-state index contributed by atoms with van der Waals surface area (Å²) in [4.78, 5) is 18.4. The predicted molar refractivity (Wildman–Crippen MR) is 143 cm³/mol. The van der Waals surface area contributed by atoms with E-state index in [-0.39, 0.29) is 5.91 Å². The summed E-state index contributed by atoms with van der Waals surface area (Å²) in [6.07, 6.45) is 0. The quantitative estimate of drug-likeness (QED) is 0.281. The SMILES string of the molecule is COc1ccc(-c2nc3ccccc3c(C(=O)Nc3ccc(Nc4ccccc4)cc3)c2C)cc1. The number of pyridine rings is 1. The lowest BCUT2D eigenvalue weighted by Gasteiger charge is -2.15. The summed E-state index contributed by atoms with van der Waals surface area (Å²) in [5.41, 5.74) is 6.60. The van der Waals surface area contributed by atoms with Gasteiger partial charge in [-0.2, -0.15) is 0 Å². The summed E-state index contributed by atoms with van der Waals surface area (Å²) in [6.45, 7) is 1.95. The minimum absolute atomic E-state index is 0.167. The molecule has 2 N–H and O–H groups in total. The largest absolute Gasteiger partial charge is 0.497 e. The molecule has 5 aromatic rings. The van der Waals surface area contributed by atoms with Crippen LogP contribution < -0.4 is 15.4 Å². The second-order valence-corrected chi connectivity index (χ2v) is 8.23. The number of ether oxygens (including phenoxy) is 1. The molecule has 0 bridgehead atoms. The standard InChI is InChI=1S/C30H25N3O2/c1-20-28(30(34)32-24-16-14-23(15-17-24)31-22-8-4-3-5-9-22)26-10-6-7-11-27(26)33-29(20)21-12-18-25(35-2)19-13-21/h3-19,31H,1-2H3,(H,32,34). The lowest BCUT2D eigenvalue weighted by molar-refractivity contribution is 0.102. The van der Waals surface area contributed by atoms with Gasteiger partial charge in [0.25, 0.3) is 5.91 Å². The van der Waals surface area contributed by atoms with Crippen molar-refractivity contribution >= 4 is 33.9 Å². The highest BCUT2D eigenvalue weighted by Gasteiger charge is 2.19. The van der Waals surface area contributed by atoms with Crippen LogP contribution in [-0.4, -0.2) is 18.0 Å². The van der Waals surface area contributed by atoms with E-state index in [9.17, 15) is 4.79 Å². The number of nitrogens with zero attached hydrogens (tertiary/aromatic N) is 1.